The second-order valence-electron chi connectivity index (χ2n) is 8.45. The number of benzene rings is 1. The molecule has 0 spiro atoms. The van der Waals surface area contributed by atoms with Crippen LogP contribution in [0.3, 0.4) is 0 Å². The Kier molecular flexibility index (Phi) is 13.5. The van der Waals surface area contributed by atoms with E-state index in [2.05, 4.69) is 43.3 Å². The number of H-pyrrole nitrogens is 1. The second kappa shape index (κ2) is 15.6. The summed E-state index contributed by atoms with van der Waals surface area (Å²) in [5, 5.41) is 20.2. The van der Waals surface area contributed by atoms with E-state index in [0.29, 0.717) is 0 Å². The first-order valence-electron chi connectivity index (χ1n) is 12.4. The Balaban J connectivity index is 0.000000782. The quantitative estimate of drug-likeness (QED) is 0.163. The average Bonchev–Trinajstić information content (AvgIpc) is 3.16. The maximum Gasteiger partial charge on any atom is 0.536 e. The van der Waals surface area contributed by atoms with Gasteiger partial charge in [0.1, 0.15) is 24.1 Å². The van der Waals surface area contributed by atoms with Gasteiger partial charge in [0.25, 0.3) is 5.56 Å². The Morgan fingerprint density at radius 1 is 0.881 bits per heavy atom. The summed E-state index contributed by atoms with van der Waals surface area (Å²) in [5.41, 5.74) is -1.73. The summed E-state index contributed by atoms with van der Waals surface area (Å²) in [4.78, 5) is 56.2. The minimum Gasteiger partial charge on any atom is -0.404 e. The molecule has 42 heavy (non-hydrogen) atoms. The van der Waals surface area contributed by atoms with Gasteiger partial charge < -0.3 is 34.2 Å². The number of aromatic amines is 1. The highest BCUT2D eigenvalue weighted by Gasteiger charge is 2.47. The summed E-state index contributed by atoms with van der Waals surface area (Å²) in [5.74, 6) is -0.233. The third kappa shape index (κ3) is 11.2. The van der Waals surface area contributed by atoms with Crippen LogP contribution in [-0.2, 0) is 31.6 Å². The highest BCUT2D eigenvalue weighted by atomic mass is 31.3. The summed E-state index contributed by atoms with van der Waals surface area (Å²) >= 11 is 0. The van der Waals surface area contributed by atoms with Crippen LogP contribution in [0, 0.1) is 0 Å². The molecule has 6 N–H and O–H groups in total. The van der Waals surface area contributed by atoms with Crippen molar-refractivity contribution in [2.45, 2.75) is 45.3 Å². The molecular weight excluding hydrogens is 627 g/mol. The molecule has 1 aliphatic heterocycles. The van der Waals surface area contributed by atoms with E-state index in [1.807, 2.05) is 4.98 Å². The molecule has 1 aromatic heterocycles. The van der Waals surface area contributed by atoms with Crippen LogP contribution in [0.1, 0.15) is 27.0 Å². The van der Waals surface area contributed by atoms with E-state index in [1.165, 1.54) is 43.9 Å². The predicted octanol–water partition coefficient (Wildman–Crippen LogP) is 0.934. The van der Waals surface area contributed by atoms with Crippen molar-refractivity contribution in [2.75, 3.05) is 26.2 Å². The Hall–Kier alpha value is -2.01. The lowest BCUT2D eigenvalue weighted by Gasteiger charge is -2.20. The number of phosphoric acid groups is 3. The van der Waals surface area contributed by atoms with E-state index in [9.17, 15) is 48.2 Å². The molecule has 0 aliphatic carbocycles. The van der Waals surface area contributed by atoms with Crippen LogP contribution in [-0.4, -0.2) is 83.9 Å². The lowest BCUT2D eigenvalue weighted by atomic mass is 10.1. The van der Waals surface area contributed by atoms with Crippen molar-refractivity contribution in [1.82, 2.24) is 14.5 Å². The molecule has 0 amide bonds. The van der Waals surface area contributed by atoms with Crippen molar-refractivity contribution in [3.8, 4) is 5.75 Å². The van der Waals surface area contributed by atoms with Crippen molar-refractivity contribution >= 4 is 23.5 Å². The SMILES string of the molecule is CCN(CC)CC.O=c1ccn([C@@H]2O[C@H](COP(=O)(O)OP(=O)(O)OP(=O)(O)Oc3ccccc3)[C@@H](O)[C@H]2O)c(=O)[nH]1. The molecule has 7 atom stereocenters. The monoisotopic (exact) mass is 661 g/mol. The molecule has 0 saturated carbocycles. The number of para-hydroxylation sites is 1. The van der Waals surface area contributed by atoms with Crippen LogP contribution in [0.5, 0.6) is 5.75 Å². The summed E-state index contributed by atoms with van der Waals surface area (Å²) in [6, 6.07) is 7.73. The Bertz CT molecular complexity index is 1390. The largest absolute Gasteiger partial charge is 0.536 e. The first-order chi connectivity index (χ1) is 19.5. The predicted molar refractivity (Wildman–Crippen MR) is 145 cm³/mol. The molecule has 0 radical (unpaired) electrons. The van der Waals surface area contributed by atoms with Gasteiger partial charge in [-0.3, -0.25) is 23.8 Å². The van der Waals surface area contributed by atoms with Gasteiger partial charge in [0.2, 0.25) is 0 Å². The summed E-state index contributed by atoms with van der Waals surface area (Å²) < 4.78 is 58.7. The van der Waals surface area contributed by atoms with Gasteiger partial charge in [0, 0.05) is 12.3 Å². The molecule has 1 aliphatic rings. The molecule has 0 bridgehead atoms. The number of rotatable bonds is 13. The van der Waals surface area contributed by atoms with Crippen LogP contribution >= 0.6 is 23.5 Å². The van der Waals surface area contributed by atoms with Crippen molar-refractivity contribution in [2.24, 2.45) is 0 Å². The van der Waals surface area contributed by atoms with Gasteiger partial charge in [-0.1, -0.05) is 39.0 Å². The van der Waals surface area contributed by atoms with Gasteiger partial charge in [-0.05, 0) is 31.8 Å². The number of phosphoric ester groups is 2. The van der Waals surface area contributed by atoms with Crippen LogP contribution in [0.25, 0.3) is 0 Å². The van der Waals surface area contributed by atoms with Crippen molar-refractivity contribution in [3.05, 3.63) is 63.4 Å². The Morgan fingerprint density at radius 2 is 1.45 bits per heavy atom. The van der Waals surface area contributed by atoms with Crippen molar-refractivity contribution in [1.29, 1.82) is 0 Å². The summed E-state index contributed by atoms with van der Waals surface area (Å²) in [6.45, 7) is 9.10. The molecule has 1 saturated heterocycles. The summed E-state index contributed by atoms with van der Waals surface area (Å²) in [6.07, 6.45) is -5.68. The fourth-order valence-electron chi connectivity index (χ4n) is 3.49. The van der Waals surface area contributed by atoms with Crippen molar-refractivity contribution < 1.29 is 61.0 Å². The Labute approximate surface area is 239 Å². The normalized spacial score (nSPS) is 24.6. The third-order valence-corrected chi connectivity index (χ3v) is 9.80. The van der Waals surface area contributed by atoms with Gasteiger partial charge in [0.05, 0.1) is 6.61 Å². The topological polar surface area (TPSA) is 257 Å². The number of ether oxygens (including phenoxy) is 1. The van der Waals surface area contributed by atoms with Gasteiger partial charge >= 0.3 is 29.2 Å². The fraction of sp³-hybridized carbons (Fsp3) is 0.524. The summed E-state index contributed by atoms with van der Waals surface area (Å²) in [7, 11) is -16.6. The number of aliphatic hydroxyl groups is 2. The highest BCUT2D eigenvalue weighted by molar-refractivity contribution is 7.67. The Morgan fingerprint density at radius 3 is 1.98 bits per heavy atom. The number of aliphatic hydroxyl groups excluding tert-OH is 2. The molecule has 238 valence electrons. The van der Waals surface area contributed by atoms with E-state index in [-0.39, 0.29) is 5.75 Å². The minimum absolute atomic E-state index is 0.233. The lowest BCUT2D eigenvalue weighted by molar-refractivity contribution is -0.0542. The number of nitrogens with one attached hydrogen (secondary N) is 1. The van der Waals surface area contributed by atoms with E-state index >= 15 is 0 Å². The van der Waals surface area contributed by atoms with E-state index in [1.54, 1.807) is 6.07 Å². The van der Waals surface area contributed by atoms with Crippen LogP contribution < -0.4 is 15.8 Å². The van der Waals surface area contributed by atoms with Crippen LogP contribution in [0.2, 0.25) is 0 Å². The number of nitrogens with zero attached hydrogens (tertiary/aromatic N) is 2. The first-order valence-corrected chi connectivity index (χ1v) is 16.9. The smallest absolute Gasteiger partial charge is 0.404 e. The highest BCUT2D eigenvalue weighted by Crippen LogP contribution is 2.67. The van der Waals surface area contributed by atoms with Gasteiger partial charge in [0.15, 0.2) is 6.23 Å². The number of hydrogen-bond acceptors (Lipinski definition) is 13. The van der Waals surface area contributed by atoms with Crippen molar-refractivity contribution in [3.63, 3.8) is 0 Å². The molecule has 2 heterocycles. The molecule has 1 fully saturated rings. The molecule has 21 heteroatoms. The number of hydrogen-bond donors (Lipinski definition) is 6. The average molecular weight is 661 g/mol. The maximum absolute atomic E-state index is 12.1. The second-order valence-corrected chi connectivity index (χ2v) is 13.0. The van der Waals surface area contributed by atoms with E-state index in [4.69, 9.17) is 4.74 Å². The molecule has 3 rings (SSSR count). The first kappa shape index (κ1) is 36.2. The van der Waals surface area contributed by atoms with E-state index in [0.717, 1.165) is 16.8 Å². The number of aromatic nitrogens is 2. The van der Waals surface area contributed by atoms with Crippen LogP contribution in [0.15, 0.2) is 52.2 Å². The zero-order valence-corrected chi connectivity index (χ0v) is 25.4. The maximum atomic E-state index is 12.1. The lowest BCUT2D eigenvalue weighted by Crippen LogP contribution is -2.37. The van der Waals surface area contributed by atoms with Gasteiger partial charge in [-0.2, -0.15) is 8.62 Å². The molecule has 3 unspecified atom stereocenters. The molecule has 1 aromatic carbocycles. The van der Waals surface area contributed by atoms with E-state index < -0.39 is 65.9 Å². The zero-order chi connectivity index (χ0) is 31.7. The molecule has 2 aromatic rings. The van der Waals surface area contributed by atoms with Gasteiger partial charge in [-0.15, -0.1) is 0 Å². The van der Waals surface area contributed by atoms with Crippen LogP contribution in [0.4, 0.5) is 0 Å². The molecule has 18 nitrogen and oxygen atoms in total. The standard InChI is InChI=1S/C15H19N2O15P3.C6H15N/c18-11-6-7-17(15(21)16-11)14-13(20)12(19)10(29-14)8-28-33(22,23)31-35(26,27)32-34(24,25)30-9-4-2-1-3-5-9;1-4-7(5-2)6-3/h1-7,10,12-14,19-20H,8H2,(H,22,23)(H,24,25)(H,26,27)(H,16,18,21);4-6H2,1-3H3/t10-,12-,13-,14-;/m1./s1. The molecular formula is C21H34N3O15P3. The fourth-order valence-corrected chi connectivity index (χ4v) is 7.01. The minimum atomic E-state index is -5.74. The third-order valence-electron chi connectivity index (χ3n) is 5.58. The zero-order valence-electron chi connectivity index (χ0n) is 22.7. The van der Waals surface area contributed by atoms with Gasteiger partial charge in [-0.25, -0.2) is 18.5 Å².